The molecular formula is C43H40O3P2. The van der Waals surface area contributed by atoms with Gasteiger partial charge >= 0.3 is 0 Å². The van der Waals surface area contributed by atoms with Gasteiger partial charge in [-0.2, -0.15) is 0 Å². The summed E-state index contributed by atoms with van der Waals surface area (Å²) in [6.45, 7) is 8.10. The zero-order valence-electron chi connectivity index (χ0n) is 26.9. The van der Waals surface area contributed by atoms with Crippen molar-refractivity contribution in [3.8, 4) is 0 Å². The van der Waals surface area contributed by atoms with Crippen LogP contribution in [0.2, 0.25) is 0 Å². The summed E-state index contributed by atoms with van der Waals surface area (Å²) in [6.07, 6.45) is 3.76. The van der Waals surface area contributed by atoms with E-state index >= 15 is 0 Å². The number of allylic oxidation sites excluding steroid dienone is 2. The average molecular weight is 667 g/mol. The maximum absolute atomic E-state index is 8.33. The normalized spacial score (nSPS) is 10.7. The van der Waals surface area contributed by atoms with Crippen molar-refractivity contribution in [2.45, 2.75) is 0 Å². The first-order valence-corrected chi connectivity index (χ1v) is 19.6. The molecule has 5 heteroatoms. The van der Waals surface area contributed by atoms with Crippen LogP contribution in [-0.2, 0) is 0 Å². The van der Waals surface area contributed by atoms with Crippen molar-refractivity contribution in [3.05, 3.63) is 207 Å². The van der Waals surface area contributed by atoms with Crippen molar-refractivity contribution >= 4 is 52.5 Å². The molecule has 3 nitrogen and oxygen atoms in total. The molecule has 0 aliphatic rings. The van der Waals surface area contributed by atoms with Gasteiger partial charge in [0.15, 0.2) is 0 Å². The maximum atomic E-state index is 8.33. The monoisotopic (exact) mass is 666 g/mol. The van der Waals surface area contributed by atoms with Crippen LogP contribution in [-0.4, -0.2) is 18.5 Å². The lowest BCUT2D eigenvalue weighted by Gasteiger charge is -2.26. The van der Waals surface area contributed by atoms with Gasteiger partial charge in [0.25, 0.3) is 0 Å². The van der Waals surface area contributed by atoms with Crippen LogP contribution < -0.4 is 42.0 Å². The molecule has 0 radical (unpaired) electrons. The molecule has 0 N–H and O–H groups in total. The van der Waals surface area contributed by atoms with E-state index in [4.69, 9.17) is 15.0 Å². The highest BCUT2D eigenvalue weighted by molar-refractivity contribution is 7.96. The van der Waals surface area contributed by atoms with Crippen LogP contribution in [0.5, 0.6) is 0 Å². The summed E-state index contributed by atoms with van der Waals surface area (Å²) in [7, 11) is -3.34. The summed E-state index contributed by atoms with van der Waals surface area (Å²) in [4.78, 5) is 8.33. The summed E-state index contributed by atoms with van der Waals surface area (Å²) >= 11 is 0. The van der Waals surface area contributed by atoms with E-state index in [0.717, 1.165) is 12.3 Å². The predicted octanol–water partition coefficient (Wildman–Crippen LogP) is 5.89. The number of hydrogen-bond acceptors (Lipinski definition) is 3. The molecule has 6 rings (SSSR count). The highest BCUT2D eigenvalue weighted by Crippen LogP contribution is 2.56. The standard InChI is InChI=1S/2C21H20P.CH2O3/c2*1-2-18-22(19-12-6-3-7-13-19,20-14-8-4-9-15-20)21-16-10-5-11-17-21;2-1(3)4/h2*2-17H,1,18H2;(H2,2,3,4)/q2*+1;/p-2. The largest absolute Gasteiger partial charge is 0.652 e. The van der Waals surface area contributed by atoms with Gasteiger partial charge in [-0.15, -0.1) is 0 Å². The van der Waals surface area contributed by atoms with Crippen molar-refractivity contribution in [1.82, 2.24) is 0 Å². The van der Waals surface area contributed by atoms with Gasteiger partial charge in [0.05, 0.1) is 12.3 Å². The number of carbonyl (C=O) groups is 1. The minimum Gasteiger partial charge on any atom is -0.652 e. The van der Waals surface area contributed by atoms with Crippen LogP contribution >= 0.6 is 14.5 Å². The van der Waals surface area contributed by atoms with E-state index in [2.05, 4.69) is 207 Å². The Balaban J connectivity index is 0.000000195. The van der Waals surface area contributed by atoms with Gasteiger partial charge in [0.2, 0.25) is 0 Å². The quantitative estimate of drug-likeness (QED) is 0.136. The Bertz CT molecular complexity index is 1480. The molecule has 240 valence electrons. The Labute approximate surface area is 286 Å². The molecule has 0 aliphatic heterocycles. The van der Waals surface area contributed by atoms with Gasteiger partial charge in [-0.3, -0.25) is 0 Å². The SMILES string of the molecule is C=CC[P+](c1ccccc1)(c1ccccc1)c1ccccc1.C=CC[P+](c1ccccc1)(c1ccccc1)c1ccccc1.O=C([O-])[O-]. The van der Waals surface area contributed by atoms with Gasteiger partial charge in [-0.1, -0.05) is 135 Å². The highest BCUT2D eigenvalue weighted by atomic mass is 31.2. The summed E-state index contributed by atoms with van der Waals surface area (Å²) in [5.74, 6) is 0. The zero-order valence-corrected chi connectivity index (χ0v) is 28.7. The van der Waals surface area contributed by atoms with Crippen molar-refractivity contribution in [3.63, 3.8) is 0 Å². The smallest absolute Gasteiger partial charge is 0.115 e. The molecule has 0 heterocycles. The average Bonchev–Trinajstić information content (AvgIpc) is 3.15. The summed E-state index contributed by atoms with van der Waals surface area (Å²) in [6, 6.07) is 65.3. The van der Waals surface area contributed by atoms with E-state index < -0.39 is 20.7 Å². The number of rotatable bonds is 10. The highest BCUT2D eigenvalue weighted by Gasteiger charge is 2.45. The van der Waals surface area contributed by atoms with Crippen LogP contribution in [0.4, 0.5) is 4.79 Å². The lowest BCUT2D eigenvalue weighted by atomic mass is 10.4. The fraction of sp³-hybridized carbons (Fsp3) is 0.0465. The van der Waals surface area contributed by atoms with Crippen LogP contribution in [0.1, 0.15) is 0 Å². The van der Waals surface area contributed by atoms with Crippen LogP contribution in [0.25, 0.3) is 0 Å². The van der Waals surface area contributed by atoms with Gasteiger partial charge < -0.3 is 15.0 Å². The minimum atomic E-state index is -2.33. The van der Waals surface area contributed by atoms with Gasteiger partial charge in [0.1, 0.15) is 46.4 Å². The molecule has 0 aliphatic carbocycles. The molecule has 6 aromatic carbocycles. The third-order valence-corrected chi connectivity index (χ3v) is 16.7. The molecule has 0 saturated carbocycles. The molecule has 0 unspecified atom stereocenters. The van der Waals surface area contributed by atoms with E-state index in [9.17, 15) is 0 Å². The molecule has 48 heavy (non-hydrogen) atoms. The Hall–Kier alpha value is -5.07. The molecule has 0 bridgehead atoms. The molecule has 6 aromatic rings. The van der Waals surface area contributed by atoms with E-state index in [-0.39, 0.29) is 0 Å². The first-order chi connectivity index (χ1) is 23.5. The van der Waals surface area contributed by atoms with E-state index in [1.807, 2.05) is 0 Å². The van der Waals surface area contributed by atoms with Crippen molar-refractivity contribution in [2.75, 3.05) is 12.3 Å². The van der Waals surface area contributed by atoms with Gasteiger partial charge in [0, 0.05) is 0 Å². The topological polar surface area (TPSA) is 63.2 Å². The Morgan fingerprint density at radius 2 is 0.542 bits per heavy atom. The fourth-order valence-corrected chi connectivity index (χ4v) is 13.9. The van der Waals surface area contributed by atoms with E-state index in [0.29, 0.717) is 0 Å². The van der Waals surface area contributed by atoms with Crippen LogP contribution in [0, 0.1) is 0 Å². The Morgan fingerprint density at radius 3 is 0.667 bits per heavy atom. The molecule has 0 atom stereocenters. The lowest BCUT2D eigenvalue weighted by Crippen LogP contribution is -2.37. The van der Waals surface area contributed by atoms with Crippen molar-refractivity contribution in [2.24, 2.45) is 0 Å². The molecule has 0 amide bonds. The van der Waals surface area contributed by atoms with E-state index in [1.165, 1.54) is 31.8 Å². The summed E-state index contributed by atoms with van der Waals surface area (Å²) in [5, 5.41) is 25.1. The Morgan fingerprint density at radius 1 is 0.396 bits per heavy atom. The van der Waals surface area contributed by atoms with Crippen LogP contribution in [0.3, 0.4) is 0 Å². The predicted molar refractivity (Wildman–Crippen MR) is 206 cm³/mol. The van der Waals surface area contributed by atoms with Crippen LogP contribution in [0.15, 0.2) is 207 Å². The summed E-state index contributed by atoms with van der Waals surface area (Å²) in [5.41, 5.74) is 0. The summed E-state index contributed by atoms with van der Waals surface area (Å²) < 4.78 is 0. The lowest BCUT2D eigenvalue weighted by molar-refractivity contribution is -0.415. The zero-order chi connectivity index (χ0) is 34.1. The molecule has 0 saturated heterocycles. The second-order valence-electron chi connectivity index (χ2n) is 10.8. The third kappa shape index (κ3) is 8.64. The number of carboxylic acid groups (broad SMARTS) is 2. The number of carbonyl (C=O) groups excluding carboxylic acids is 1. The third-order valence-electron chi connectivity index (χ3n) is 7.99. The molecule has 0 fully saturated rings. The maximum Gasteiger partial charge on any atom is 0.115 e. The van der Waals surface area contributed by atoms with Gasteiger partial charge in [-0.25, -0.2) is 0 Å². The first-order valence-electron chi connectivity index (χ1n) is 15.7. The molecular weight excluding hydrogens is 626 g/mol. The minimum absolute atomic E-state index is 0.977. The fourth-order valence-electron chi connectivity index (χ4n) is 6.01. The van der Waals surface area contributed by atoms with E-state index in [1.54, 1.807) is 0 Å². The number of benzene rings is 6. The first kappa shape index (κ1) is 35.8. The number of hydrogen-bond donors (Lipinski definition) is 0. The van der Waals surface area contributed by atoms with Gasteiger partial charge in [-0.05, 0) is 79.0 Å². The Kier molecular flexibility index (Phi) is 13.7. The second kappa shape index (κ2) is 18.3. The molecule has 0 spiro atoms. The molecule has 0 aromatic heterocycles. The second-order valence-corrected chi connectivity index (χ2v) is 17.9. The van der Waals surface area contributed by atoms with Crippen molar-refractivity contribution in [1.29, 1.82) is 0 Å². The van der Waals surface area contributed by atoms with Crippen molar-refractivity contribution < 1.29 is 15.0 Å².